The molecule has 8 nitrogen and oxygen atoms in total. The summed E-state index contributed by atoms with van der Waals surface area (Å²) in [6, 6.07) is 1.85. The number of nitrogens with one attached hydrogen (secondary N) is 2. The fourth-order valence-electron chi connectivity index (χ4n) is 1.75. The van der Waals surface area contributed by atoms with Crippen LogP contribution in [0.5, 0.6) is 0 Å². The van der Waals surface area contributed by atoms with Crippen molar-refractivity contribution >= 4 is 16.0 Å². The van der Waals surface area contributed by atoms with Crippen LogP contribution in [0.15, 0.2) is 29.6 Å². The molecule has 0 aliphatic rings. The smallest absolute Gasteiger partial charge is 0.243 e. The van der Waals surface area contributed by atoms with Crippen LogP contribution < -0.4 is 10.0 Å². The highest BCUT2D eigenvalue weighted by molar-refractivity contribution is 7.89. The summed E-state index contributed by atoms with van der Waals surface area (Å²) in [5.74, 6) is 0.409. The highest BCUT2D eigenvalue weighted by atomic mass is 32.2. The maximum Gasteiger partial charge on any atom is 0.243 e. The molecule has 2 aromatic rings. The average Bonchev–Trinajstić information content (AvgIpc) is 2.85. The summed E-state index contributed by atoms with van der Waals surface area (Å²) >= 11 is 0. The molecule has 0 saturated heterocycles. The molecule has 0 aromatic carbocycles. The van der Waals surface area contributed by atoms with Crippen molar-refractivity contribution in [2.45, 2.75) is 18.2 Å². The lowest BCUT2D eigenvalue weighted by Gasteiger charge is -2.07. The molecule has 0 bridgehead atoms. The first-order chi connectivity index (χ1) is 10.0. The molecule has 0 fully saturated rings. The van der Waals surface area contributed by atoms with Gasteiger partial charge in [0.05, 0.1) is 12.4 Å². The fourth-order valence-corrected chi connectivity index (χ4v) is 2.67. The Balaban J connectivity index is 1.96. The SMILES string of the molecule is CCNc1ncc(S(=O)(=O)NCCc2ccnn2C)cn1. The molecule has 0 aliphatic carbocycles. The topological polar surface area (TPSA) is 102 Å². The maximum absolute atomic E-state index is 12.1. The number of aromatic nitrogens is 4. The molecule has 9 heteroatoms. The summed E-state index contributed by atoms with van der Waals surface area (Å²) in [7, 11) is -1.77. The van der Waals surface area contributed by atoms with Gasteiger partial charge in [0.25, 0.3) is 0 Å². The summed E-state index contributed by atoms with van der Waals surface area (Å²) in [5, 5.41) is 6.94. The molecular formula is C12H18N6O2S. The Labute approximate surface area is 123 Å². The molecule has 2 aromatic heterocycles. The number of hydrogen-bond donors (Lipinski definition) is 2. The fraction of sp³-hybridized carbons (Fsp3) is 0.417. The second-order valence-corrected chi connectivity index (χ2v) is 6.13. The van der Waals surface area contributed by atoms with E-state index in [1.165, 1.54) is 12.4 Å². The number of hydrogen-bond acceptors (Lipinski definition) is 6. The van der Waals surface area contributed by atoms with Crippen molar-refractivity contribution in [1.82, 2.24) is 24.5 Å². The number of rotatable bonds is 7. The largest absolute Gasteiger partial charge is 0.355 e. The van der Waals surface area contributed by atoms with Gasteiger partial charge in [-0.15, -0.1) is 0 Å². The van der Waals surface area contributed by atoms with E-state index >= 15 is 0 Å². The molecular weight excluding hydrogens is 292 g/mol. The zero-order valence-electron chi connectivity index (χ0n) is 11.9. The van der Waals surface area contributed by atoms with Crippen LogP contribution in [0.2, 0.25) is 0 Å². The zero-order chi connectivity index (χ0) is 15.3. The number of sulfonamides is 1. The van der Waals surface area contributed by atoms with Crippen molar-refractivity contribution in [2.24, 2.45) is 7.05 Å². The van der Waals surface area contributed by atoms with E-state index in [1.54, 1.807) is 10.9 Å². The predicted octanol–water partition coefficient (Wildman–Crippen LogP) is 0.163. The number of aryl methyl sites for hydroxylation is 1. The van der Waals surface area contributed by atoms with Crippen LogP contribution in [0, 0.1) is 0 Å². The first kappa shape index (κ1) is 15.4. The van der Waals surface area contributed by atoms with E-state index in [0.29, 0.717) is 18.9 Å². The minimum atomic E-state index is -3.59. The van der Waals surface area contributed by atoms with Gasteiger partial charge in [-0.25, -0.2) is 23.1 Å². The standard InChI is InChI=1S/C12H18N6O2S/c1-3-13-12-14-8-11(9-15-12)21(19,20)17-7-5-10-4-6-16-18(10)2/h4,6,8-9,17H,3,5,7H2,1-2H3,(H,13,14,15). The van der Waals surface area contributed by atoms with Gasteiger partial charge in [0, 0.05) is 38.4 Å². The van der Waals surface area contributed by atoms with Gasteiger partial charge in [0.15, 0.2) is 0 Å². The van der Waals surface area contributed by atoms with Crippen LogP contribution >= 0.6 is 0 Å². The normalized spacial score (nSPS) is 11.5. The van der Waals surface area contributed by atoms with Crippen LogP contribution in [0.1, 0.15) is 12.6 Å². The number of anilines is 1. The van der Waals surface area contributed by atoms with Crippen molar-refractivity contribution in [2.75, 3.05) is 18.4 Å². The summed E-state index contributed by atoms with van der Waals surface area (Å²) in [5.41, 5.74) is 0.955. The number of nitrogens with zero attached hydrogens (tertiary/aromatic N) is 4. The quantitative estimate of drug-likeness (QED) is 0.755. The Bertz CT molecular complexity index is 680. The van der Waals surface area contributed by atoms with E-state index in [9.17, 15) is 8.42 Å². The van der Waals surface area contributed by atoms with Crippen LogP contribution in [0.3, 0.4) is 0 Å². The summed E-state index contributed by atoms with van der Waals surface area (Å²) in [6.45, 7) is 2.87. The highest BCUT2D eigenvalue weighted by Crippen LogP contribution is 2.07. The molecule has 2 rings (SSSR count). The monoisotopic (exact) mass is 310 g/mol. The molecule has 21 heavy (non-hydrogen) atoms. The minimum absolute atomic E-state index is 0.0501. The molecule has 0 atom stereocenters. The van der Waals surface area contributed by atoms with E-state index in [2.05, 4.69) is 25.1 Å². The third kappa shape index (κ3) is 3.99. The lowest BCUT2D eigenvalue weighted by Crippen LogP contribution is -2.26. The maximum atomic E-state index is 12.1. The summed E-state index contributed by atoms with van der Waals surface area (Å²) in [4.78, 5) is 7.95. The van der Waals surface area contributed by atoms with Gasteiger partial charge in [0.1, 0.15) is 4.90 Å². The molecule has 0 aliphatic heterocycles. The van der Waals surface area contributed by atoms with Crippen molar-refractivity contribution in [3.63, 3.8) is 0 Å². The van der Waals surface area contributed by atoms with Crippen LogP contribution in [-0.4, -0.2) is 41.3 Å². The van der Waals surface area contributed by atoms with Crippen molar-refractivity contribution in [1.29, 1.82) is 0 Å². The third-order valence-electron chi connectivity index (χ3n) is 2.87. The Kier molecular flexibility index (Phi) is 4.86. The van der Waals surface area contributed by atoms with Gasteiger partial charge in [-0.3, -0.25) is 4.68 Å². The lowest BCUT2D eigenvalue weighted by molar-refractivity contribution is 0.579. The molecule has 0 radical (unpaired) electrons. The van der Waals surface area contributed by atoms with E-state index in [-0.39, 0.29) is 11.4 Å². The second kappa shape index (κ2) is 6.64. The second-order valence-electron chi connectivity index (χ2n) is 4.37. The van der Waals surface area contributed by atoms with E-state index < -0.39 is 10.0 Å². The van der Waals surface area contributed by atoms with Crippen molar-refractivity contribution in [3.8, 4) is 0 Å². The molecule has 114 valence electrons. The average molecular weight is 310 g/mol. The molecule has 2 N–H and O–H groups in total. The van der Waals surface area contributed by atoms with E-state index in [0.717, 1.165) is 5.69 Å². The molecule has 0 unspecified atom stereocenters. The van der Waals surface area contributed by atoms with Crippen LogP contribution in [0.25, 0.3) is 0 Å². The van der Waals surface area contributed by atoms with Crippen LogP contribution in [0.4, 0.5) is 5.95 Å². The highest BCUT2D eigenvalue weighted by Gasteiger charge is 2.14. The van der Waals surface area contributed by atoms with Crippen LogP contribution in [-0.2, 0) is 23.5 Å². The molecule has 2 heterocycles. The van der Waals surface area contributed by atoms with Crippen molar-refractivity contribution < 1.29 is 8.42 Å². The van der Waals surface area contributed by atoms with Gasteiger partial charge in [0.2, 0.25) is 16.0 Å². The van der Waals surface area contributed by atoms with E-state index in [1.807, 2.05) is 20.0 Å². The predicted molar refractivity (Wildman–Crippen MR) is 78.3 cm³/mol. The summed E-state index contributed by atoms with van der Waals surface area (Å²) < 4.78 is 28.4. The first-order valence-electron chi connectivity index (χ1n) is 6.55. The van der Waals surface area contributed by atoms with Gasteiger partial charge < -0.3 is 5.32 Å². The Hall–Kier alpha value is -2.00. The third-order valence-corrected chi connectivity index (χ3v) is 4.28. The molecule has 0 saturated carbocycles. The van der Waals surface area contributed by atoms with Gasteiger partial charge in [-0.05, 0) is 13.0 Å². The Morgan fingerprint density at radius 3 is 2.57 bits per heavy atom. The summed E-state index contributed by atoms with van der Waals surface area (Å²) in [6.07, 6.45) is 4.82. The van der Waals surface area contributed by atoms with Gasteiger partial charge in [-0.2, -0.15) is 5.10 Å². The molecule has 0 amide bonds. The molecule has 0 spiro atoms. The van der Waals surface area contributed by atoms with E-state index in [4.69, 9.17) is 0 Å². The van der Waals surface area contributed by atoms with Crippen molar-refractivity contribution in [3.05, 3.63) is 30.4 Å². The lowest BCUT2D eigenvalue weighted by atomic mass is 10.3. The first-order valence-corrected chi connectivity index (χ1v) is 8.03. The van der Waals surface area contributed by atoms with Gasteiger partial charge in [-0.1, -0.05) is 0 Å². The Morgan fingerprint density at radius 1 is 1.29 bits per heavy atom. The zero-order valence-corrected chi connectivity index (χ0v) is 12.8. The van der Waals surface area contributed by atoms with Gasteiger partial charge >= 0.3 is 0 Å². The minimum Gasteiger partial charge on any atom is -0.355 e. The Morgan fingerprint density at radius 2 is 2.00 bits per heavy atom.